The molecule has 0 fully saturated rings. The van der Waals surface area contributed by atoms with Crippen LogP contribution in [0.3, 0.4) is 0 Å². The Hall–Kier alpha value is -3.96. The maximum absolute atomic E-state index is 13.3. The van der Waals surface area contributed by atoms with Gasteiger partial charge in [-0.25, -0.2) is 0 Å². The van der Waals surface area contributed by atoms with Gasteiger partial charge in [0.25, 0.3) is 0 Å². The molecule has 17 heteroatoms. The summed E-state index contributed by atoms with van der Waals surface area (Å²) in [6.07, 6.45) is 1.04. The first-order chi connectivity index (χ1) is 18.8. The van der Waals surface area contributed by atoms with Crippen LogP contribution in [0.5, 0.6) is 0 Å². The summed E-state index contributed by atoms with van der Waals surface area (Å²) in [5.41, 5.74) is 26.6. The molecule has 0 aliphatic heterocycles. The Bertz CT molecular complexity index is 906. The Kier molecular flexibility index (Phi) is 18.0. The first kappa shape index (κ1) is 36.0. The molecule has 226 valence electrons. The van der Waals surface area contributed by atoms with Crippen LogP contribution in [0.1, 0.15) is 46.0 Å². The van der Waals surface area contributed by atoms with Crippen molar-refractivity contribution in [3.8, 4) is 0 Å². The normalized spacial score (nSPS) is 15.2. The van der Waals surface area contributed by atoms with Crippen LogP contribution in [-0.4, -0.2) is 97.8 Å². The molecular formula is C23H43N11O6. The molecule has 0 unspecified atom stereocenters. The maximum atomic E-state index is 13.3. The lowest BCUT2D eigenvalue weighted by molar-refractivity contribution is -0.131. The van der Waals surface area contributed by atoms with E-state index in [1.54, 1.807) is 6.92 Å². The van der Waals surface area contributed by atoms with Gasteiger partial charge in [-0.3, -0.25) is 40.3 Å². The van der Waals surface area contributed by atoms with Gasteiger partial charge < -0.3 is 48.4 Å². The van der Waals surface area contributed by atoms with E-state index in [2.05, 4.69) is 31.3 Å². The van der Waals surface area contributed by atoms with Gasteiger partial charge >= 0.3 is 0 Å². The number of hydrogen-bond acceptors (Lipinski definition) is 11. The molecule has 0 bridgehead atoms. The van der Waals surface area contributed by atoms with E-state index in [0.717, 1.165) is 0 Å². The summed E-state index contributed by atoms with van der Waals surface area (Å²) in [7, 11) is 0. The fourth-order valence-corrected chi connectivity index (χ4v) is 3.44. The molecular weight excluding hydrogens is 526 g/mol. The molecule has 0 aliphatic carbocycles. The van der Waals surface area contributed by atoms with E-state index in [4.69, 9.17) is 28.7 Å². The molecule has 0 spiro atoms. The zero-order valence-corrected chi connectivity index (χ0v) is 22.9. The molecule has 17 nitrogen and oxygen atoms in total. The number of guanidine groups is 2. The third-order valence-corrected chi connectivity index (χ3v) is 5.53. The Morgan fingerprint density at radius 1 is 0.750 bits per heavy atom. The SMILES string of the molecule is C[C@@H](C=O)N[C@H](C)C(=O)N[C@@H](N[C@H](C=O)CCCN=C(N)N)C(=O)C[C@@H](N[C@H](C=O)CCCN=C(N)N)C(N)=O. The van der Waals surface area contributed by atoms with Crippen molar-refractivity contribution in [3.05, 3.63) is 0 Å². The van der Waals surface area contributed by atoms with Gasteiger partial charge in [0.1, 0.15) is 25.0 Å². The highest BCUT2D eigenvalue weighted by Gasteiger charge is 2.30. The Morgan fingerprint density at radius 3 is 1.68 bits per heavy atom. The van der Waals surface area contributed by atoms with E-state index >= 15 is 0 Å². The quantitative estimate of drug-likeness (QED) is 0.0184. The predicted molar refractivity (Wildman–Crippen MR) is 148 cm³/mol. The molecule has 0 saturated heterocycles. The van der Waals surface area contributed by atoms with Crippen molar-refractivity contribution in [3.63, 3.8) is 0 Å². The second kappa shape index (κ2) is 20.0. The monoisotopic (exact) mass is 569 g/mol. The molecule has 0 saturated carbocycles. The molecule has 0 rings (SSSR count). The number of nitrogens with two attached hydrogens (primary N) is 5. The van der Waals surface area contributed by atoms with E-state index in [-0.39, 0.29) is 37.9 Å². The van der Waals surface area contributed by atoms with E-state index in [0.29, 0.717) is 31.7 Å². The minimum atomic E-state index is -1.42. The summed E-state index contributed by atoms with van der Waals surface area (Å²) in [6.45, 7) is 3.50. The van der Waals surface area contributed by atoms with Crippen molar-refractivity contribution < 1.29 is 28.8 Å². The molecule has 0 heterocycles. The average Bonchev–Trinajstić information content (AvgIpc) is 2.89. The molecule has 0 aromatic carbocycles. The van der Waals surface area contributed by atoms with Gasteiger partial charge in [0.15, 0.2) is 17.7 Å². The number of amides is 2. The van der Waals surface area contributed by atoms with Crippen molar-refractivity contribution in [2.75, 3.05) is 13.1 Å². The first-order valence-electron chi connectivity index (χ1n) is 12.7. The van der Waals surface area contributed by atoms with Crippen LogP contribution in [0.25, 0.3) is 0 Å². The van der Waals surface area contributed by atoms with Crippen LogP contribution in [-0.2, 0) is 28.8 Å². The molecule has 0 radical (unpaired) electrons. The second-order valence-electron chi connectivity index (χ2n) is 9.10. The summed E-state index contributed by atoms with van der Waals surface area (Å²) in [4.78, 5) is 80.0. The lowest BCUT2D eigenvalue weighted by Crippen LogP contribution is -2.60. The van der Waals surface area contributed by atoms with Crippen LogP contribution in [0.15, 0.2) is 9.98 Å². The highest BCUT2D eigenvalue weighted by atomic mass is 16.2. The van der Waals surface area contributed by atoms with Gasteiger partial charge in [-0.2, -0.15) is 0 Å². The van der Waals surface area contributed by atoms with Crippen LogP contribution in [0, 0.1) is 0 Å². The minimum Gasteiger partial charge on any atom is -0.370 e. The van der Waals surface area contributed by atoms with Gasteiger partial charge in [-0.05, 0) is 39.5 Å². The second-order valence-corrected chi connectivity index (χ2v) is 9.10. The topological polar surface area (TPSA) is 305 Å². The lowest BCUT2D eigenvalue weighted by Gasteiger charge is -2.27. The van der Waals surface area contributed by atoms with Crippen LogP contribution in [0.2, 0.25) is 0 Å². The van der Waals surface area contributed by atoms with Crippen LogP contribution < -0.4 is 49.9 Å². The number of Topliss-reactive ketones (excluding diaryl/α,β-unsaturated/α-hetero) is 1. The molecule has 0 aromatic heterocycles. The summed E-state index contributed by atoms with van der Waals surface area (Å²) in [5.74, 6) is -2.47. The molecule has 2 amide bonds. The number of primary amides is 1. The molecule has 40 heavy (non-hydrogen) atoms. The maximum Gasteiger partial charge on any atom is 0.238 e. The molecule has 14 N–H and O–H groups in total. The number of aldehydes is 3. The van der Waals surface area contributed by atoms with Gasteiger partial charge in [0.2, 0.25) is 11.8 Å². The van der Waals surface area contributed by atoms with Gasteiger partial charge in [0, 0.05) is 19.5 Å². The summed E-state index contributed by atoms with van der Waals surface area (Å²) >= 11 is 0. The van der Waals surface area contributed by atoms with Crippen molar-refractivity contribution in [1.29, 1.82) is 0 Å². The van der Waals surface area contributed by atoms with E-state index in [9.17, 15) is 28.8 Å². The lowest BCUT2D eigenvalue weighted by atomic mass is 10.0. The van der Waals surface area contributed by atoms with E-state index in [1.807, 2.05) is 0 Å². The molecule has 6 atom stereocenters. The molecule has 0 aromatic rings. The minimum absolute atomic E-state index is 0.105. The average molecular weight is 570 g/mol. The third kappa shape index (κ3) is 16.1. The standard InChI is InChI=1S/C23H43N11O6/c1-13(10-35)31-14(2)21(40)34-20(33-16(12-37)6-4-8-30-23(27)28)18(38)9-17(19(24)39)32-15(11-36)5-3-7-29-22(25)26/h10-17,20,31-33H,3-9H2,1-2H3,(H2,24,39)(H,34,40)(H4,25,26,29)(H4,27,28,30)/t13-,14+,15-,16-,17+,20+/m0/s1. The first-order valence-corrected chi connectivity index (χ1v) is 12.7. The zero-order valence-electron chi connectivity index (χ0n) is 22.9. The number of rotatable bonds is 23. The van der Waals surface area contributed by atoms with Crippen molar-refractivity contribution in [2.24, 2.45) is 38.7 Å². The van der Waals surface area contributed by atoms with Gasteiger partial charge in [0.05, 0.1) is 30.2 Å². The summed E-state index contributed by atoms with van der Waals surface area (Å²) in [5, 5.41) is 10.7. The Balaban J connectivity index is 5.63. The Morgan fingerprint density at radius 2 is 1.25 bits per heavy atom. The van der Waals surface area contributed by atoms with E-state index < -0.39 is 60.4 Å². The van der Waals surface area contributed by atoms with Crippen molar-refractivity contribution in [2.45, 2.75) is 82.3 Å². The van der Waals surface area contributed by atoms with E-state index in [1.165, 1.54) is 6.92 Å². The largest absolute Gasteiger partial charge is 0.370 e. The number of carbonyl (C=O) groups is 6. The zero-order chi connectivity index (χ0) is 30.7. The van der Waals surface area contributed by atoms with Crippen LogP contribution >= 0.6 is 0 Å². The van der Waals surface area contributed by atoms with Crippen molar-refractivity contribution >= 4 is 48.4 Å². The third-order valence-electron chi connectivity index (χ3n) is 5.53. The van der Waals surface area contributed by atoms with Gasteiger partial charge in [-0.1, -0.05) is 0 Å². The van der Waals surface area contributed by atoms with Crippen molar-refractivity contribution in [1.82, 2.24) is 21.3 Å². The highest BCUT2D eigenvalue weighted by Crippen LogP contribution is 2.05. The highest BCUT2D eigenvalue weighted by molar-refractivity contribution is 5.94. The predicted octanol–water partition coefficient (Wildman–Crippen LogP) is -4.77. The van der Waals surface area contributed by atoms with Crippen LogP contribution in [0.4, 0.5) is 0 Å². The summed E-state index contributed by atoms with van der Waals surface area (Å²) < 4.78 is 0. The number of ketones is 1. The van der Waals surface area contributed by atoms with Gasteiger partial charge in [-0.15, -0.1) is 0 Å². The summed E-state index contributed by atoms with van der Waals surface area (Å²) in [6, 6.07) is -4.53. The number of carbonyl (C=O) groups excluding carboxylic acids is 6. The fourth-order valence-electron chi connectivity index (χ4n) is 3.44. The fraction of sp³-hybridized carbons (Fsp3) is 0.652. The molecule has 0 aliphatic rings. The Labute approximate surface area is 232 Å². The number of hydrogen-bond donors (Lipinski definition) is 9. The number of nitrogens with one attached hydrogen (secondary N) is 4. The number of aliphatic imine (C=N–C) groups is 2. The number of nitrogens with zero attached hydrogens (tertiary/aromatic N) is 2. The smallest absolute Gasteiger partial charge is 0.238 e.